The molecule has 2 N–H and O–H groups in total. The Kier molecular flexibility index (Phi) is 5.35. The van der Waals surface area contributed by atoms with E-state index in [1.54, 1.807) is 30.3 Å². The van der Waals surface area contributed by atoms with E-state index >= 15 is 0 Å². The molecule has 0 bridgehead atoms. The summed E-state index contributed by atoms with van der Waals surface area (Å²) in [6.45, 7) is 0. The third-order valence-corrected chi connectivity index (χ3v) is 4.02. The van der Waals surface area contributed by atoms with Crippen molar-refractivity contribution in [2.75, 3.05) is 12.8 Å². The first-order valence-corrected chi connectivity index (χ1v) is 8.14. The predicted molar refractivity (Wildman–Crippen MR) is 97.5 cm³/mol. The number of nitrogens with two attached hydrogens (primary N) is 1. The first kappa shape index (κ1) is 18.4. The lowest BCUT2D eigenvalue weighted by atomic mass is 10.00. The van der Waals surface area contributed by atoms with E-state index in [2.05, 4.69) is 0 Å². The number of nitrogen functional groups attached to an aromatic ring is 1. The summed E-state index contributed by atoms with van der Waals surface area (Å²) >= 11 is 0. The van der Waals surface area contributed by atoms with Gasteiger partial charge in [0.15, 0.2) is 6.10 Å². The van der Waals surface area contributed by atoms with Gasteiger partial charge in [-0.2, -0.15) is 0 Å². The van der Waals surface area contributed by atoms with Gasteiger partial charge in [-0.15, -0.1) is 0 Å². The minimum Gasteiger partial charge on any atom is -0.480 e. The van der Waals surface area contributed by atoms with Crippen LogP contribution in [0.5, 0.6) is 5.75 Å². The summed E-state index contributed by atoms with van der Waals surface area (Å²) in [6, 6.07) is 16.6. The van der Waals surface area contributed by atoms with Crippen molar-refractivity contribution in [3.05, 3.63) is 95.1 Å². The fourth-order valence-corrected chi connectivity index (χ4v) is 2.73. The average molecular weight is 369 g/mol. The van der Waals surface area contributed by atoms with Crippen molar-refractivity contribution in [1.82, 2.24) is 0 Å². The maximum Gasteiger partial charge on any atom is 0.341 e. The van der Waals surface area contributed by atoms with Crippen molar-refractivity contribution < 1.29 is 23.0 Å². The molecule has 1 unspecified atom stereocenters. The summed E-state index contributed by atoms with van der Waals surface area (Å²) in [4.78, 5) is 12.1. The Bertz CT molecular complexity index is 941. The molecule has 0 fully saturated rings. The highest BCUT2D eigenvalue weighted by Gasteiger charge is 2.26. The summed E-state index contributed by atoms with van der Waals surface area (Å²) in [5.74, 6) is -2.07. The van der Waals surface area contributed by atoms with Crippen LogP contribution in [0.1, 0.15) is 27.6 Å². The van der Waals surface area contributed by atoms with Crippen LogP contribution in [0.15, 0.2) is 66.7 Å². The molecule has 27 heavy (non-hydrogen) atoms. The minimum atomic E-state index is -1.11. The first-order valence-electron chi connectivity index (χ1n) is 8.14. The van der Waals surface area contributed by atoms with Gasteiger partial charge in [-0.05, 0) is 35.9 Å². The number of hydrogen-bond donors (Lipinski definition) is 1. The zero-order valence-corrected chi connectivity index (χ0v) is 14.5. The zero-order valence-electron chi connectivity index (χ0n) is 14.5. The zero-order chi connectivity index (χ0) is 19.4. The average Bonchev–Trinajstić information content (AvgIpc) is 2.68. The molecule has 138 valence electrons. The van der Waals surface area contributed by atoms with Crippen LogP contribution >= 0.6 is 0 Å². The van der Waals surface area contributed by atoms with Crippen molar-refractivity contribution >= 4 is 11.7 Å². The molecule has 0 aliphatic rings. The van der Waals surface area contributed by atoms with Crippen molar-refractivity contribution in [2.24, 2.45) is 0 Å². The van der Waals surface area contributed by atoms with Crippen LogP contribution < -0.4 is 10.5 Å². The molecule has 0 amide bonds. The highest BCUT2D eigenvalue weighted by molar-refractivity contribution is 5.93. The SMILES string of the molecule is COC(=O)c1cc(N)ccc1OC(c1ccccc1)c1c(F)cccc1F. The molecule has 1 atom stereocenters. The standard InChI is InChI=1S/C21H17F2NO3/c1-26-21(25)15-12-14(24)10-11-18(15)27-20(13-6-3-2-4-7-13)19-16(22)8-5-9-17(19)23/h2-12,20H,24H2,1H3. The van der Waals surface area contributed by atoms with Gasteiger partial charge in [-0.25, -0.2) is 13.6 Å². The largest absolute Gasteiger partial charge is 0.480 e. The van der Waals surface area contributed by atoms with E-state index in [9.17, 15) is 13.6 Å². The normalized spacial score (nSPS) is 11.7. The molecule has 4 nitrogen and oxygen atoms in total. The molecule has 0 aliphatic heterocycles. The summed E-state index contributed by atoms with van der Waals surface area (Å²) in [5.41, 5.74) is 6.40. The monoisotopic (exact) mass is 369 g/mol. The van der Waals surface area contributed by atoms with Crippen LogP contribution in [-0.4, -0.2) is 13.1 Å². The van der Waals surface area contributed by atoms with Gasteiger partial charge in [0.2, 0.25) is 0 Å². The molecule has 0 radical (unpaired) electrons. The van der Waals surface area contributed by atoms with Gasteiger partial charge in [0.05, 0.1) is 12.7 Å². The summed E-state index contributed by atoms with van der Waals surface area (Å²) in [6.07, 6.45) is -1.11. The third kappa shape index (κ3) is 3.89. The Morgan fingerprint density at radius 1 is 0.963 bits per heavy atom. The van der Waals surface area contributed by atoms with Gasteiger partial charge in [0.1, 0.15) is 22.9 Å². The summed E-state index contributed by atoms with van der Waals surface area (Å²) < 4.78 is 39.6. The maximum atomic E-state index is 14.4. The van der Waals surface area contributed by atoms with Crippen molar-refractivity contribution in [3.63, 3.8) is 0 Å². The van der Waals surface area contributed by atoms with Crippen LogP contribution in [0.3, 0.4) is 0 Å². The van der Waals surface area contributed by atoms with Crippen LogP contribution in [0.25, 0.3) is 0 Å². The fourth-order valence-electron chi connectivity index (χ4n) is 2.73. The molecule has 0 spiro atoms. The molecule has 0 aliphatic carbocycles. The molecule has 3 aromatic rings. The second-order valence-electron chi connectivity index (χ2n) is 5.79. The second-order valence-corrected chi connectivity index (χ2v) is 5.79. The number of rotatable bonds is 5. The van der Waals surface area contributed by atoms with E-state index in [0.717, 1.165) is 12.1 Å². The van der Waals surface area contributed by atoms with Gasteiger partial charge < -0.3 is 15.2 Å². The molecule has 3 rings (SSSR count). The number of carbonyl (C=O) groups is 1. The first-order chi connectivity index (χ1) is 13.0. The van der Waals surface area contributed by atoms with Gasteiger partial charge >= 0.3 is 5.97 Å². The predicted octanol–water partition coefficient (Wildman–Crippen LogP) is 4.50. The second kappa shape index (κ2) is 7.86. The smallest absolute Gasteiger partial charge is 0.341 e. The van der Waals surface area contributed by atoms with Crippen molar-refractivity contribution in [3.8, 4) is 5.75 Å². The Morgan fingerprint density at radius 2 is 1.63 bits per heavy atom. The van der Waals surface area contributed by atoms with Crippen molar-refractivity contribution in [1.29, 1.82) is 0 Å². The van der Waals surface area contributed by atoms with Crippen LogP contribution in [0.4, 0.5) is 14.5 Å². The lowest BCUT2D eigenvalue weighted by molar-refractivity contribution is 0.0594. The highest BCUT2D eigenvalue weighted by Crippen LogP contribution is 2.34. The molecular formula is C21H17F2NO3. The van der Waals surface area contributed by atoms with Crippen LogP contribution in [0, 0.1) is 11.6 Å². The quantitative estimate of drug-likeness (QED) is 0.531. The molecule has 0 aromatic heterocycles. The van der Waals surface area contributed by atoms with E-state index in [0.29, 0.717) is 11.3 Å². The van der Waals surface area contributed by atoms with Gasteiger partial charge in [0, 0.05) is 5.69 Å². The molecule has 3 aromatic carbocycles. The number of ether oxygens (including phenoxy) is 2. The molecule has 0 heterocycles. The van der Waals surface area contributed by atoms with E-state index in [-0.39, 0.29) is 16.9 Å². The van der Waals surface area contributed by atoms with E-state index in [1.165, 1.54) is 31.4 Å². The maximum absolute atomic E-state index is 14.4. The third-order valence-electron chi connectivity index (χ3n) is 4.02. The van der Waals surface area contributed by atoms with Gasteiger partial charge in [-0.3, -0.25) is 0 Å². The summed E-state index contributed by atoms with van der Waals surface area (Å²) in [5, 5.41) is 0. The number of halogens is 2. The van der Waals surface area contributed by atoms with Gasteiger partial charge in [0.25, 0.3) is 0 Å². The topological polar surface area (TPSA) is 61.5 Å². The molecule has 0 saturated carbocycles. The number of hydrogen-bond acceptors (Lipinski definition) is 4. The highest BCUT2D eigenvalue weighted by atomic mass is 19.1. The molecule has 0 saturated heterocycles. The van der Waals surface area contributed by atoms with E-state index in [4.69, 9.17) is 15.2 Å². The Balaban J connectivity index is 2.13. The van der Waals surface area contributed by atoms with E-state index in [1.807, 2.05) is 0 Å². The van der Waals surface area contributed by atoms with Gasteiger partial charge in [-0.1, -0.05) is 36.4 Å². The molecular weight excluding hydrogens is 352 g/mol. The van der Waals surface area contributed by atoms with Crippen molar-refractivity contribution in [2.45, 2.75) is 6.10 Å². The number of esters is 1. The Labute approximate surface area is 155 Å². The fraction of sp³-hybridized carbons (Fsp3) is 0.0952. The molecule has 6 heteroatoms. The lowest BCUT2D eigenvalue weighted by Gasteiger charge is -2.22. The number of benzene rings is 3. The Hall–Kier alpha value is -3.41. The summed E-state index contributed by atoms with van der Waals surface area (Å²) in [7, 11) is 1.22. The minimum absolute atomic E-state index is 0.0650. The lowest BCUT2D eigenvalue weighted by Crippen LogP contribution is -2.15. The number of carbonyl (C=O) groups excluding carboxylic acids is 1. The van der Waals surface area contributed by atoms with Crippen LogP contribution in [-0.2, 0) is 4.74 Å². The van der Waals surface area contributed by atoms with E-state index < -0.39 is 23.7 Å². The van der Waals surface area contributed by atoms with Crippen LogP contribution in [0.2, 0.25) is 0 Å². The Morgan fingerprint density at radius 3 is 2.26 bits per heavy atom. The number of methoxy groups -OCH3 is 1. The number of anilines is 1.